The van der Waals surface area contributed by atoms with E-state index >= 15 is 0 Å². The Morgan fingerprint density at radius 1 is 1.19 bits per heavy atom. The van der Waals surface area contributed by atoms with Crippen LogP contribution < -0.4 is 10.1 Å². The van der Waals surface area contributed by atoms with Gasteiger partial charge in [-0.2, -0.15) is 0 Å². The zero-order valence-electron chi connectivity index (χ0n) is 19.1. The number of likely N-dealkylation sites (N-methyl/N-ethyl adjacent to an activating group) is 1. The maximum atomic E-state index is 12.2. The first-order valence-corrected chi connectivity index (χ1v) is 10.8. The highest BCUT2D eigenvalue weighted by atomic mass is 16.6. The molecule has 0 aliphatic carbocycles. The normalized spacial score (nSPS) is 13.8. The lowest BCUT2D eigenvalue weighted by molar-refractivity contribution is -0.157. The molecule has 8 nitrogen and oxygen atoms in total. The highest BCUT2D eigenvalue weighted by Gasteiger charge is 2.29. The molecule has 0 spiro atoms. The number of phenols is 1. The molecule has 0 bridgehead atoms. The summed E-state index contributed by atoms with van der Waals surface area (Å²) in [5.74, 6) is -0.890. The average molecular weight is 440 g/mol. The second kappa shape index (κ2) is 14.6. The number of rotatable bonds is 15. The molecular formula is C23H37NO7. The minimum Gasteiger partial charge on any atom is -0.504 e. The van der Waals surface area contributed by atoms with Crippen molar-refractivity contribution in [2.75, 3.05) is 27.3 Å². The van der Waals surface area contributed by atoms with Crippen molar-refractivity contribution < 1.29 is 34.0 Å². The smallest absolute Gasteiger partial charge is 0.320 e. The molecule has 0 amide bonds. The summed E-state index contributed by atoms with van der Waals surface area (Å²) in [4.78, 5) is 23.8. The zero-order chi connectivity index (χ0) is 23.2. The average Bonchev–Trinajstić information content (AvgIpc) is 2.72. The third-order valence-electron chi connectivity index (χ3n) is 5.06. The topological polar surface area (TPSA) is 114 Å². The Hall–Kier alpha value is -2.32. The Balaban J connectivity index is 3.05. The van der Waals surface area contributed by atoms with Gasteiger partial charge in [0.05, 0.1) is 13.7 Å². The monoisotopic (exact) mass is 439 g/mol. The van der Waals surface area contributed by atoms with Gasteiger partial charge in [0.1, 0.15) is 12.2 Å². The van der Waals surface area contributed by atoms with Crippen LogP contribution in [0.4, 0.5) is 0 Å². The van der Waals surface area contributed by atoms with Crippen LogP contribution in [0.25, 0.3) is 0 Å². The lowest BCUT2D eigenvalue weighted by Gasteiger charge is -2.29. The van der Waals surface area contributed by atoms with Crippen molar-refractivity contribution in [3.05, 3.63) is 23.8 Å². The molecule has 1 rings (SSSR count). The number of esters is 2. The molecule has 0 aromatic heterocycles. The molecule has 0 heterocycles. The summed E-state index contributed by atoms with van der Waals surface area (Å²) in [6.45, 7) is 3.27. The van der Waals surface area contributed by atoms with Crippen molar-refractivity contribution >= 4 is 11.9 Å². The van der Waals surface area contributed by atoms with Gasteiger partial charge in [0, 0.05) is 25.9 Å². The molecule has 0 saturated heterocycles. The van der Waals surface area contributed by atoms with E-state index in [9.17, 15) is 19.8 Å². The predicted octanol–water partition coefficient (Wildman–Crippen LogP) is 2.59. The molecule has 0 radical (unpaired) electrons. The van der Waals surface area contributed by atoms with Gasteiger partial charge in [0.25, 0.3) is 0 Å². The molecule has 31 heavy (non-hydrogen) atoms. The van der Waals surface area contributed by atoms with Crippen LogP contribution in [0.5, 0.6) is 11.5 Å². The number of methoxy groups -OCH3 is 1. The number of phenolic OH excluding ortho intramolecular Hbond substituents is 1. The third kappa shape index (κ3) is 10.0. The maximum Gasteiger partial charge on any atom is 0.320 e. The molecule has 0 unspecified atom stereocenters. The van der Waals surface area contributed by atoms with Crippen molar-refractivity contribution in [2.45, 2.75) is 64.6 Å². The Morgan fingerprint density at radius 3 is 2.52 bits per heavy atom. The van der Waals surface area contributed by atoms with Gasteiger partial charge in [-0.1, -0.05) is 25.8 Å². The standard InChI is InChI=1S/C23H37NO7/c1-5-6-7-8-19(30-16(2)26)13-21(31-23(28)14-24-3)18(15-25)11-17-9-10-20(27)22(12-17)29-4/h9-10,12,18-19,21,24-25,27H,5-8,11,13-15H2,1-4H3/t18-,19+,21+/m0/s1. The number of aromatic hydroxyl groups is 1. The summed E-state index contributed by atoms with van der Waals surface area (Å²) in [6.07, 6.45) is 3.26. The van der Waals surface area contributed by atoms with Crippen molar-refractivity contribution in [2.24, 2.45) is 5.92 Å². The molecule has 0 aliphatic rings. The van der Waals surface area contributed by atoms with E-state index in [-0.39, 0.29) is 24.9 Å². The molecule has 0 aliphatic heterocycles. The van der Waals surface area contributed by atoms with Gasteiger partial charge < -0.3 is 29.7 Å². The number of nitrogens with one attached hydrogen (secondary N) is 1. The first-order valence-electron chi connectivity index (χ1n) is 10.8. The van der Waals surface area contributed by atoms with Gasteiger partial charge in [0.2, 0.25) is 0 Å². The first kappa shape index (κ1) is 26.7. The summed E-state index contributed by atoms with van der Waals surface area (Å²) in [5, 5.41) is 22.7. The number of ether oxygens (including phenoxy) is 3. The van der Waals surface area contributed by atoms with Crippen LogP contribution in [-0.2, 0) is 25.5 Å². The largest absolute Gasteiger partial charge is 0.504 e. The van der Waals surface area contributed by atoms with E-state index in [4.69, 9.17) is 14.2 Å². The lowest BCUT2D eigenvalue weighted by atomic mass is 9.90. The summed E-state index contributed by atoms with van der Waals surface area (Å²) in [5.41, 5.74) is 0.818. The van der Waals surface area contributed by atoms with E-state index in [1.807, 2.05) is 0 Å². The Kier molecular flexibility index (Phi) is 12.6. The van der Waals surface area contributed by atoms with Crippen LogP contribution in [0, 0.1) is 5.92 Å². The molecular weight excluding hydrogens is 402 g/mol. The van der Waals surface area contributed by atoms with Crippen LogP contribution >= 0.6 is 0 Å². The highest BCUT2D eigenvalue weighted by Crippen LogP contribution is 2.29. The van der Waals surface area contributed by atoms with Gasteiger partial charge in [-0.15, -0.1) is 0 Å². The van der Waals surface area contributed by atoms with Crippen molar-refractivity contribution in [1.82, 2.24) is 5.32 Å². The number of carbonyl (C=O) groups is 2. The van der Waals surface area contributed by atoms with E-state index in [1.165, 1.54) is 20.1 Å². The van der Waals surface area contributed by atoms with Gasteiger partial charge in [-0.25, -0.2) is 0 Å². The Morgan fingerprint density at radius 2 is 1.94 bits per heavy atom. The lowest BCUT2D eigenvalue weighted by Crippen LogP contribution is -2.37. The fraction of sp³-hybridized carbons (Fsp3) is 0.652. The molecule has 8 heteroatoms. The second-order valence-electron chi connectivity index (χ2n) is 7.67. The van der Waals surface area contributed by atoms with Crippen LogP contribution in [0.15, 0.2) is 18.2 Å². The van der Waals surface area contributed by atoms with Crippen molar-refractivity contribution in [1.29, 1.82) is 0 Å². The number of aliphatic hydroxyl groups excluding tert-OH is 1. The number of hydrogen-bond acceptors (Lipinski definition) is 8. The predicted molar refractivity (Wildman–Crippen MR) is 117 cm³/mol. The number of aliphatic hydroxyl groups is 1. The fourth-order valence-electron chi connectivity index (χ4n) is 3.50. The van der Waals surface area contributed by atoms with E-state index in [2.05, 4.69) is 12.2 Å². The van der Waals surface area contributed by atoms with E-state index in [0.717, 1.165) is 24.8 Å². The third-order valence-corrected chi connectivity index (χ3v) is 5.06. The molecule has 0 saturated carbocycles. The molecule has 1 aromatic rings. The Bertz CT molecular complexity index is 680. The van der Waals surface area contributed by atoms with Gasteiger partial charge in [-0.3, -0.25) is 9.59 Å². The van der Waals surface area contributed by atoms with Crippen LogP contribution in [-0.4, -0.2) is 61.7 Å². The van der Waals surface area contributed by atoms with Gasteiger partial charge >= 0.3 is 11.9 Å². The number of benzene rings is 1. The van der Waals surface area contributed by atoms with E-state index in [0.29, 0.717) is 25.0 Å². The van der Waals surface area contributed by atoms with E-state index in [1.54, 1.807) is 19.2 Å². The van der Waals surface area contributed by atoms with Crippen molar-refractivity contribution in [3.63, 3.8) is 0 Å². The minimum atomic E-state index is -0.642. The maximum absolute atomic E-state index is 12.2. The van der Waals surface area contributed by atoms with Gasteiger partial charge in [0.15, 0.2) is 11.5 Å². The zero-order valence-corrected chi connectivity index (χ0v) is 19.1. The second-order valence-corrected chi connectivity index (χ2v) is 7.67. The SMILES string of the molecule is CCCCC[C@H](C[C@@H](OC(=O)CNC)[C@H](CO)Cc1ccc(O)c(OC)c1)OC(C)=O. The quantitative estimate of drug-likeness (QED) is 0.282. The van der Waals surface area contributed by atoms with Gasteiger partial charge in [-0.05, 0) is 44.0 Å². The molecule has 3 atom stereocenters. The van der Waals surface area contributed by atoms with Crippen LogP contribution in [0.2, 0.25) is 0 Å². The molecule has 1 aromatic carbocycles. The van der Waals surface area contributed by atoms with Crippen LogP contribution in [0.3, 0.4) is 0 Å². The summed E-state index contributed by atoms with van der Waals surface area (Å²) in [7, 11) is 3.11. The van der Waals surface area contributed by atoms with Crippen LogP contribution in [0.1, 0.15) is 51.5 Å². The summed E-state index contributed by atoms with van der Waals surface area (Å²) < 4.78 is 16.3. The number of hydrogen-bond donors (Lipinski definition) is 3. The van der Waals surface area contributed by atoms with E-state index < -0.39 is 24.1 Å². The van der Waals surface area contributed by atoms with Crippen molar-refractivity contribution in [3.8, 4) is 11.5 Å². The highest BCUT2D eigenvalue weighted by molar-refractivity contribution is 5.71. The first-order chi connectivity index (χ1) is 14.8. The number of carbonyl (C=O) groups excluding carboxylic acids is 2. The number of unbranched alkanes of at least 4 members (excludes halogenated alkanes) is 2. The summed E-state index contributed by atoms with van der Waals surface area (Å²) in [6, 6.07) is 4.95. The molecule has 0 fully saturated rings. The summed E-state index contributed by atoms with van der Waals surface area (Å²) >= 11 is 0. The molecule has 3 N–H and O–H groups in total. The minimum absolute atomic E-state index is 0.0228. The molecule has 176 valence electrons. The fourth-order valence-corrected chi connectivity index (χ4v) is 3.50. The Labute approximate surface area is 184 Å².